The molecule has 1 aromatic carbocycles. The monoisotopic (exact) mass is 315 g/mol. The number of aryl methyl sites for hydroxylation is 1. The van der Waals surface area contributed by atoms with Crippen molar-refractivity contribution in [3.8, 4) is 0 Å². The van der Waals surface area contributed by atoms with E-state index in [1.54, 1.807) is 18.2 Å². The van der Waals surface area contributed by atoms with E-state index in [0.717, 1.165) is 11.3 Å². The van der Waals surface area contributed by atoms with Crippen LogP contribution < -0.4 is 10.9 Å². The van der Waals surface area contributed by atoms with Gasteiger partial charge in [-0.25, -0.2) is 9.37 Å². The lowest BCUT2D eigenvalue weighted by Gasteiger charge is -2.06. The van der Waals surface area contributed by atoms with Crippen LogP contribution in [-0.2, 0) is 17.8 Å². The van der Waals surface area contributed by atoms with Crippen LogP contribution in [-0.4, -0.2) is 22.0 Å². The van der Waals surface area contributed by atoms with E-state index in [1.165, 1.54) is 35.2 Å². The normalized spacial score (nSPS) is 10.9. The molecule has 0 spiro atoms. The lowest BCUT2D eigenvalue weighted by atomic mass is 10.2. The number of nitrogens with zero attached hydrogens (tertiary/aromatic N) is 2. The van der Waals surface area contributed by atoms with E-state index < -0.39 is 0 Å². The molecule has 1 amide bonds. The first kappa shape index (κ1) is 16.6. The van der Waals surface area contributed by atoms with E-state index in [9.17, 15) is 14.0 Å². The number of rotatable bonds is 6. The molecule has 0 radical (unpaired) electrons. The maximum absolute atomic E-state index is 12.8. The second kappa shape index (κ2) is 8.03. The van der Waals surface area contributed by atoms with Gasteiger partial charge in [0.1, 0.15) is 5.82 Å². The highest BCUT2D eigenvalue weighted by Crippen LogP contribution is 2.04. The topological polar surface area (TPSA) is 64.0 Å². The van der Waals surface area contributed by atoms with Gasteiger partial charge in [0.2, 0.25) is 5.91 Å². The zero-order valence-corrected chi connectivity index (χ0v) is 12.8. The van der Waals surface area contributed by atoms with E-state index >= 15 is 0 Å². The summed E-state index contributed by atoms with van der Waals surface area (Å²) in [5.74, 6) is -0.597. The number of amides is 1. The van der Waals surface area contributed by atoms with Crippen LogP contribution in [0.4, 0.5) is 4.39 Å². The Morgan fingerprint density at radius 2 is 2.09 bits per heavy atom. The van der Waals surface area contributed by atoms with Crippen LogP contribution in [0.25, 0.3) is 6.08 Å². The predicted octanol–water partition coefficient (Wildman–Crippen LogP) is 1.77. The van der Waals surface area contributed by atoms with Gasteiger partial charge in [0, 0.05) is 30.9 Å². The first-order chi connectivity index (χ1) is 11.1. The molecule has 1 aromatic heterocycles. The van der Waals surface area contributed by atoms with Gasteiger partial charge in [0.25, 0.3) is 5.56 Å². The Morgan fingerprint density at radius 1 is 1.35 bits per heavy atom. The summed E-state index contributed by atoms with van der Waals surface area (Å²) in [5, 5.41) is 2.68. The Bertz CT molecular complexity index is 751. The minimum atomic E-state index is -0.320. The molecule has 5 nitrogen and oxygen atoms in total. The molecule has 0 atom stereocenters. The minimum Gasteiger partial charge on any atom is -0.351 e. The fourth-order valence-electron chi connectivity index (χ4n) is 1.93. The van der Waals surface area contributed by atoms with Crippen molar-refractivity contribution < 1.29 is 9.18 Å². The van der Waals surface area contributed by atoms with Gasteiger partial charge in [-0.1, -0.05) is 19.1 Å². The summed E-state index contributed by atoms with van der Waals surface area (Å²) >= 11 is 0. The minimum absolute atomic E-state index is 0.132. The summed E-state index contributed by atoms with van der Waals surface area (Å²) in [7, 11) is 0. The van der Waals surface area contributed by atoms with E-state index in [2.05, 4.69) is 10.3 Å². The lowest BCUT2D eigenvalue weighted by Crippen LogP contribution is -2.30. The highest BCUT2D eigenvalue weighted by atomic mass is 19.1. The molecular weight excluding hydrogens is 297 g/mol. The Balaban J connectivity index is 1.83. The van der Waals surface area contributed by atoms with Gasteiger partial charge in [-0.3, -0.25) is 14.2 Å². The molecule has 6 heteroatoms. The third-order valence-corrected chi connectivity index (χ3v) is 3.25. The summed E-state index contributed by atoms with van der Waals surface area (Å²) in [6, 6.07) is 7.32. The van der Waals surface area contributed by atoms with Gasteiger partial charge in [0.15, 0.2) is 0 Å². The number of halogens is 1. The van der Waals surface area contributed by atoms with Crippen LogP contribution in [0.5, 0.6) is 0 Å². The van der Waals surface area contributed by atoms with Crippen molar-refractivity contribution >= 4 is 12.0 Å². The smallest absolute Gasteiger partial charge is 0.253 e. The van der Waals surface area contributed by atoms with E-state index in [-0.39, 0.29) is 17.3 Å². The molecule has 0 unspecified atom stereocenters. The largest absolute Gasteiger partial charge is 0.351 e. The van der Waals surface area contributed by atoms with Crippen LogP contribution in [0.3, 0.4) is 0 Å². The number of benzene rings is 1. The maximum atomic E-state index is 12.8. The molecule has 0 saturated carbocycles. The molecule has 0 bridgehead atoms. The van der Waals surface area contributed by atoms with Gasteiger partial charge < -0.3 is 5.32 Å². The average Bonchev–Trinajstić information content (AvgIpc) is 2.55. The van der Waals surface area contributed by atoms with E-state index in [0.29, 0.717) is 19.5 Å². The van der Waals surface area contributed by atoms with Crippen molar-refractivity contribution in [2.45, 2.75) is 19.9 Å². The Hall–Kier alpha value is -2.76. The second-order valence-electron chi connectivity index (χ2n) is 4.94. The summed E-state index contributed by atoms with van der Waals surface area (Å²) in [5.41, 5.74) is 1.35. The van der Waals surface area contributed by atoms with Crippen LogP contribution >= 0.6 is 0 Å². The molecule has 0 aliphatic rings. The standard InChI is InChI=1S/C17H18FN3O2/c1-2-15-11-17(23)21(12-20-15)10-9-19-16(22)8-5-13-3-6-14(18)7-4-13/h3-8,11-12H,2,9-10H2,1H3,(H,19,22)/b8-5+. The third-order valence-electron chi connectivity index (χ3n) is 3.25. The van der Waals surface area contributed by atoms with Crippen LogP contribution in [0, 0.1) is 5.82 Å². The Kier molecular flexibility index (Phi) is 5.80. The summed E-state index contributed by atoms with van der Waals surface area (Å²) in [4.78, 5) is 27.6. The molecule has 120 valence electrons. The fourth-order valence-corrected chi connectivity index (χ4v) is 1.93. The first-order valence-electron chi connectivity index (χ1n) is 7.35. The molecule has 1 heterocycles. The summed E-state index contributed by atoms with van der Waals surface area (Å²) in [6.45, 7) is 2.60. The van der Waals surface area contributed by atoms with Gasteiger partial charge in [-0.05, 0) is 30.2 Å². The maximum Gasteiger partial charge on any atom is 0.253 e. The SMILES string of the molecule is CCc1cc(=O)n(CCNC(=O)/C=C/c2ccc(F)cc2)cn1. The summed E-state index contributed by atoms with van der Waals surface area (Å²) in [6.07, 6.45) is 5.16. The van der Waals surface area contributed by atoms with Gasteiger partial charge in [-0.2, -0.15) is 0 Å². The zero-order valence-electron chi connectivity index (χ0n) is 12.8. The highest BCUT2D eigenvalue weighted by molar-refractivity contribution is 5.91. The molecular formula is C17H18FN3O2. The third kappa shape index (κ3) is 5.18. The highest BCUT2D eigenvalue weighted by Gasteiger charge is 2.00. The van der Waals surface area contributed by atoms with Crippen molar-refractivity contribution in [2.75, 3.05) is 6.54 Å². The number of carbonyl (C=O) groups is 1. The Labute approximate surface area is 133 Å². The van der Waals surface area contributed by atoms with Gasteiger partial charge >= 0.3 is 0 Å². The molecule has 1 N–H and O–H groups in total. The van der Waals surface area contributed by atoms with E-state index in [1.807, 2.05) is 6.92 Å². The van der Waals surface area contributed by atoms with Crippen molar-refractivity contribution in [3.05, 3.63) is 70.2 Å². The quantitative estimate of drug-likeness (QED) is 0.826. The fraction of sp³-hybridized carbons (Fsp3) is 0.235. The number of carbonyl (C=O) groups excluding carboxylic acids is 1. The van der Waals surface area contributed by atoms with Crippen molar-refractivity contribution in [1.82, 2.24) is 14.9 Å². The van der Waals surface area contributed by atoms with Crippen molar-refractivity contribution in [3.63, 3.8) is 0 Å². The van der Waals surface area contributed by atoms with Crippen LogP contribution in [0.2, 0.25) is 0 Å². The van der Waals surface area contributed by atoms with Crippen molar-refractivity contribution in [1.29, 1.82) is 0 Å². The number of hydrogen-bond acceptors (Lipinski definition) is 3. The van der Waals surface area contributed by atoms with Gasteiger partial charge in [-0.15, -0.1) is 0 Å². The molecule has 0 aliphatic heterocycles. The number of hydrogen-bond donors (Lipinski definition) is 1. The number of aromatic nitrogens is 2. The molecule has 0 aliphatic carbocycles. The number of nitrogens with one attached hydrogen (secondary N) is 1. The second-order valence-corrected chi connectivity index (χ2v) is 4.94. The summed E-state index contributed by atoms with van der Waals surface area (Å²) < 4.78 is 14.2. The predicted molar refractivity (Wildman–Crippen MR) is 86.3 cm³/mol. The van der Waals surface area contributed by atoms with Crippen LogP contribution in [0.1, 0.15) is 18.2 Å². The van der Waals surface area contributed by atoms with Gasteiger partial charge in [0.05, 0.1) is 6.33 Å². The zero-order chi connectivity index (χ0) is 16.7. The molecule has 0 fully saturated rings. The first-order valence-corrected chi connectivity index (χ1v) is 7.35. The molecule has 23 heavy (non-hydrogen) atoms. The molecule has 0 saturated heterocycles. The molecule has 2 aromatic rings. The molecule has 2 rings (SSSR count). The lowest BCUT2D eigenvalue weighted by molar-refractivity contribution is -0.116. The average molecular weight is 315 g/mol. The van der Waals surface area contributed by atoms with Crippen molar-refractivity contribution in [2.24, 2.45) is 0 Å². The van der Waals surface area contributed by atoms with E-state index in [4.69, 9.17) is 0 Å². The Morgan fingerprint density at radius 3 is 2.74 bits per heavy atom. The van der Waals surface area contributed by atoms with Crippen LogP contribution in [0.15, 0.2) is 47.5 Å².